The molecule has 2 N–H and O–H groups in total. The van der Waals surface area contributed by atoms with Crippen LogP contribution < -0.4 is 10.6 Å². The molecule has 1 aromatic carbocycles. The van der Waals surface area contributed by atoms with E-state index in [1.807, 2.05) is 12.1 Å². The number of nitrogens with zero attached hydrogens (tertiary/aromatic N) is 1. The second-order valence-corrected chi connectivity index (χ2v) is 6.89. The molecule has 0 amide bonds. The Labute approximate surface area is 157 Å². The molecule has 1 heterocycles. The van der Waals surface area contributed by atoms with Crippen molar-refractivity contribution in [3.63, 3.8) is 0 Å². The molecule has 0 aliphatic carbocycles. The maximum absolute atomic E-state index is 13.7. The maximum atomic E-state index is 13.7. The van der Waals surface area contributed by atoms with Crippen LogP contribution in [0.15, 0.2) is 27.7 Å². The normalized spacial score (nSPS) is 17.7. The number of aliphatic imine (C=N–C) groups is 1. The fourth-order valence-corrected chi connectivity index (χ4v) is 2.94. The number of hydrogen-bond acceptors (Lipinski definition) is 3. The molecule has 1 aromatic rings. The van der Waals surface area contributed by atoms with E-state index in [2.05, 4.69) is 31.6 Å². The molecule has 0 aromatic heterocycles. The molecule has 1 fully saturated rings. The highest BCUT2D eigenvalue weighted by molar-refractivity contribution is 9.10. The lowest BCUT2D eigenvalue weighted by Gasteiger charge is -2.13. The van der Waals surface area contributed by atoms with Gasteiger partial charge in [0, 0.05) is 37.8 Å². The van der Waals surface area contributed by atoms with Crippen molar-refractivity contribution in [2.75, 3.05) is 40.0 Å². The lowest BCUT2D eigenvalue weighted by atomic mass is 10.1. The lowest BCUT2D eigenvalue weighted by molar-refractivity contribution is 0.0420. The molecule has 1 aliphatic rings. The molecule has 1 atom stereocenters. The first-order valence-corrected chi connectivity index (χ1v) is 9.56. The Hall–Kier alpha value is -1.18. The van der Waals surface area contributed by atoms with Gasteiger partial charge in [0.05, 0.1) is 12.7 Å². The highest BCUT2D eigenvalue weighted by Crippen LogP contribution is 2.16. The molecule has 0 bridgehead atoms. The molecule has 140 valence electrons. The van der Waals surface area contributed by atoms with Crippen LogP contribution in [0.25, 0.3) is 0 Å². The topological polar surface area (TPSA) is 54.9 Å². The molecule has 0 saturated carbocycles. The second kappa shape index (κ2) is 11.4. The van der Waals surface area contributed by atoms with Crippen molar-refractivity contribution < 1.29 is 13.9 Å². The number of nitrogens with one attached hydrogen (secondary N) is 2. The number of halogens is 2. The third-order valence-electron chi connectivity index (χ3n) is 4.01. The Morgan fingerprint density at radius 1 is 1.36 bits per heavy atom. The van der Waals surface area contributed by atoms with Crippen molar-refractivity contribution in [3.8, 4) is 0 Å². The van der Waals surface area contributed by atoms with E-state index in [0.29, 0.717) is 6.42 Å². The number of rotatable bonds is 9. The Bertz CT molecular complexity index is 551. The maximum Gasteiger partial charge on any atom is 0.190 e. The predicted octanol–water partition coefficient (Wildman–Crippen LogP) is 2.88. The van der Waals surface area contributed by atoms with E-state index >= 15 is 0 Å². The first kappa shape index (κ1) is 20.1. The summed E-state index contributed by atoms with van der Waals surface area (Å²) in [5.41, 5.74) is 0.737. The highest BCUT2D eigenvalue weighted by Gasteiger charge is 2.15. The second-order valence-electron chi connectivity index (χ2n) is 5.97. The third kappa shape index (κ3) is 7.71. The lowest BCUT2D eigenvalue weighted by Crippen LogP contribution is -2.38. The summed E-state index contributed by atoms with van der Waals surface area (Å²) in [7, 11) is 1.75. The van der Waals surface area contributed by atoms with Crippen molar-refractivity contribution in [2.24, 2.45) is 4.99 Å². The van der Waals surface area contributed by atoms with Gasteiger partial charge in [-0.15, -0.1) is 0 Å². The van der Waals surface area contributed by atoms with E-state index in [0.717, 1.165) is 68.2 Å². The van der Waals surface area contributed by atoms with Crippen LogP contribution in [0.4, 0.5) is 4.39 Å². The van der Waals surface area contributed by atoms with Crippen LogP contribution in [0.3, 0.4) is 0 Å². The summed E-state index contributed by atoms with van der Waals surface area (Å²) in [4.78, 5) is 4.19. The van der Waals surface area contributed by atoms with Crippen molar-refractivity contribution >= 4 is 21.9 Å². The van der Waals surface area contributed by atoms with Gasteiger partial charge in [-0.25, -0.2) is 4.39 Å². The van der Waals surface area contributed by atoms with Crippen LogP contribution in [0, 0.1) is 5.82 Å². The van der Waals surface area contributed by atoms with Gasteiger partial charge in [-0.05, 0) is 43.4 Å². The average molecular weight is 416 g/mol. The largest absolute Gasteiger partial charge is 0.379 e. The molecular weight excluding hydrogens is 389 g/mol. The van der Waals surface area contributed by atoms with Crippen molar-refractivity contribution in [1.29, 1.82) is 0 Å². The van der Waals surface area contributed by atoms with Crippen LogP contribution in [0.1, 0.15) is 24.8 Å². The molecular formula is C18H27BrFN3O2. The van der Waals surface area contributed by atoms with Crippen molar-refractivity contribution in [2.45, 2.75) is 31.8 Å². The Kier molecular flexibility index (Phi) is 9.21. The standard InChI is InChI=1S/C18H27BrFN3O2/c1-21-18(23-9-3-10-25-16-7-11-24-13-16)22-8-2-4-14-5-6-15(19)12-17(14)20/h5-6,12,16H,2-4,7-11,13H2,1H3,(H2,21,22,23). The molecule has 5 nitrogen and oxygen atoms in total. The number of aryl methyl sites for hydroxylation is 1. The van der Waals surface area contributed by atoms with Gasteiger partial charge in [0.15, 0.2) is 5.96 Å². The quantitative estimate of drug-likeness (QED) is 0.369. The highest BCUT2D eigenvalue weighted by atomic mass is 79.9. The first-order valence-electron chi connectivity index (χ1n) is 8.77. The monoisotopic (exact) mass is 415 g/mol. The molecule has 0 radical (unpaired) electrons. The molecule has 25 heavy (non-hydrogen) atoms. The molecule has 7 heteroatoms. The van der Waals surface area contributed by atoms with E-state index in [4.69, 9.17) is 9.47 Å². The predicted molar refractivity (Wildman–Crippen MR) is 102 cm³/mol. The van der Waals surface area contributed by atoms with Crippen LogP contribution in [-0.2, 0) is 15.9 Å². The molecule has 1 saturated heterocycles. The first-order chi connectivity index (χ1) is 12.2. The number of hydrogen-bond donors (Lipinski definition) is 2. The summed E-state index contributed by atoms with van der Waals surface area (Å²) in [5.74, 6) is 0.602. The molecule has 1 unspecified atom stereocenters. The van der Waals surface area contributed by atoms with E-state index in [9.17, 15) is 4.39 Å². The van der Waals surface area contributed by atoms with Crippen molar-refractivity contribution in [3.05, 3.63) is 34.1 Å². The van der Waals surface area contributed by atoms with Gasteiger partial charge >= 0.3 is 0 Å². The van der Waals surface area contributed by atoms with Gasteiger partial charge in [-0.1, -0.05) is 22.0 Å². The molecule has 2 rings (SSSR count). The van der Waals surface area contributed by atoms with Gasteiger partial charge in [0.25, 0.3) is 0 Å². The third-order valence-corrected chi connectivity index (χ3v) is 4.50. The van der Waals surface area contributed by atoms with Crippen LogP contribution in [0.2, 0.25) is 0 Å². The smallest absolute Gasteiger partial charge is 0.190 e. The summed E-state index contributed by atoms with van der Waals surface area (Å²) in [6.45, 7) is 3.79. The fraction of sp³-hybridized carbons (Fsp3) is 0.611. The van der Waals surface area contributed by atoms with Crippen LogP contribution in [-0.4, -0.2) is 52.0 Å². The summed E-state index contributed by atoms with van der Waals surface area (Å²) in [6, 6.07) is 5.19. The minimum atomic E-state index is -0.162. The minimum Gasteiger partial charge on any atom is -0.379 e. The van der Waals surface area contributed by atoms with Crippen LogP contribution in [0.5, 0.6) is 0 Å². The van der Waals surface area contributed by atoms with E-state index in [-0.39, 0.29) is 11.9 Å². The zero-order valence-corrected chi connectivity index (χ0v) is 16.3. The summed E-state index contributed by atoms with van der Waals surface area (Å²) < 4.78 is 25.5. The number of ether oxygens (including phenoxy) is 2. The van der Waals surface area contributed by atoms with Crippen LogP contribution >= 0.6 is 15.9 Å². The van der Waals surface area contributed by atoms with E-state index < -0.39 is 0 Å². The zero-order chi connectivity index (χ0) is 17.9. The number of guanidine groups is 1. The van der Waals surface area contributed by atoms with Gasteiger partial charge in [-0.3, -0.25) is 4.99 Å². The molecule has 0 spiro atoms. The van der Waals surface area contributed by atoms with Gasteiger partial charge in [0.2, 0.25) is 0 Å². The Balaban J connectivity index is 1.54. The van der Waals surface area contributed by atoms with Gasteiger partial charge in [0.1, 0.15) is 5.82 Å². The van der Waals surface area contributed by atoms with Gasteiger partial charge < -0.3 is 20.1 Å². The number of benzene rings is 1. The van der Waals surface area contributed by atoms with Crippen molar-refractivity contribution in [1.82, 2.24) is 10.6 Å². The van der Waals surface area contributed by atoms with E-state index in [1.165, 1.54) is 6.07 Å². The zero-order valence-electron chi connectivity index (χ0n) is 14.7. The van der Waals surface area contributed by atoms with Gasteiger partial charge in [-0.2, -0.15) is 0 Å². The Morgan fingerprint density at radius 2 is 2.16 bits per heavy atom. The summed E-state index contributed by atoms with van der Waals surface area (Å²) in [5, 5.41) is 6.51. The summed E-state index contributed by atoms with van der Waals surface area (Å²) in [6.07, 6.45) is 3.71. The minimum absolute atomic E-state index is 0.162. The molecule has 1 aliphatic heterocycles. The summed E-state index contributed by atoms with van der Waals surface area (Å²) >= 11 is 3.27. The fourth-order valence-electron chi connectivity index (χ4n) is 2.60. The SMILES string of the molecule is CN=C(NCCCOC1CCOC1)NCCCc1ccc(Br)cc1F. The average Bonchev–Trinajstić information content (AvgIpc) is 3.11. The van der Waals surface area contributed by atoms with E-state index in [1.54, 1.807) is 7.05 Å². The Morgan fingerprint density at radius 3 is 2.84 bits per heavy atom.